The van der Waals surface area contributed by atoms with E-state index in [0.29, 0.717) is 36.8 Å². The largest absolute Gasteiger partial charge is 0.353 e. The summed E-state index contributed by atoms with van der Waals surface area (Å²) in [5, 5.41) is 3.14. The van der Waals surface area contributed by atoms with Gasteiger partial charge in [0.2, 0.25) is 11.8 Å². The molecule has 2 saturated heterocycles. The SMILES string of the molecule is CN1CCN(C(=O)CC2C(=O)NCCN2Cc2c(F)cccc2Cl)CC1. The van der Waals surface area contributed by atoms with Crippen LogP contribution in [-0.4, -0.2) is 78.9 Å². The summed E-state index contributed by atoms with van der Waals surface area (Å²) in [4.78, 5) is 30.8. The molecule has 2 aliphatic heterocycles. The summed E-state index contributed by atoms with van der Waals surface area (Å²) < 4.78 is 14.1. The number of hydrogen-bond donors (Lipinski definition) is 1. The first-order valence-electron chi connectivity index (χ1n) is 8.86. The lowest BCUT2D eigenvalue weighted by Crippen LogP contribution is -2.57. The molecule has 2 fully saturated rings. The number of likely N-dealkylation sites (N-methyl/N-ethyl adjacent to an activating group) is 1. The third kappa shape index (κ3) is 4.34. The first-order valence-corrected chi connectivity index (χ1v) is 9.24. The number of benzene rings is 1. The van der Waals surface area contributed by atoms with Gasteiger partial charge in [0.1, 0.15) is 5.82 Å². The number of carbonyl (C=O) groups excluding carboxylic acids is 2. The van der Waals surface area contributed by atoms with Gasteiger partial charge in [0.05, 0.1) is 12.5 Å². The lowest BCUT2D eigenvalue weighted by atomic mass is 10.1. The Hall–Kier alpha value is -1.70. The number of nitrogens with one attached hydrogen (secondary N) is 1. The van der Waals surface area contributed by atoms with Crippen molar-refractivity contribution < 1.29 is 14.0 Å². The molecule has 0 aliphatic carbocycles. The molecular formula is C18H24ClFN4O2. The Morgan fingerprint density at radius 3 is 2.69 bits per heavy atom. The Morgan fingerprint density at radius 2 is 2.00 bits per heavy atom. The van der Waals surface area contributed by atoms with Crippen LogP contribution in [0.5, 0.6) is 0 Å². The van der Waals surface area contributed by atoms with Crippen LogP contribution >= 0.6 is 11.6 Å². The third-order valence-electron chi connectivity index (χ3n) is 5.09. The molecule has 0 saturated carbocycles. The molecule has 2 heterocycles. The smallest absolute Gasteiger partial charge is 0.237 e. The molecule has 0 aromatic heterocycles. The van der Waals surface area contributed by atoms with Gasteiger partial charge in [0.15, 0.2) is 0 Å². The van der Waals surface area contributed by atoms with Gasteiger partial charge in [-0.15, -0.1) is 0 Å². The van der Waals surface area contributed by atoms with Gasteiger partial charge in [-0.05, 0) is 19.2 Å². The molecule has 0 spiro atoms. The highest BCUT2D eigenvalue weighted by Crippen LogP contribution is 2.23. The minimum Gasteiger partial charge on any atom is -0.353 e. The van der Waals surface area contributed by atoms with Crippen LogP contribution < -0.4 is 5.32 Å². The number of nitrogens with zero attached hydrogens (tertiary/aromatic N) is 3. The second kappa shape index (κ2) is 8.33. The van der Waals surface area contributed by atoms with Gasteiger partial charge >= 0.3 is 0 Å². The molecule has 8 heteroatoms. The summed E-state index contributed by atoms with van der Waals surface area (Å²) in [5.74, 6) is -0.622. The van der Waals surface area contributed by atoms with Gasteiger partial charge in [-0.2, -0.15) is 0 Å². The van der Waals surface area contributed by atoms with Crippen molar-refractivity contribution in [1.29, 1.82) is 0 Å². The van der Waals surface area contributed by atoms with Crippen molar-refractivity contribution in [3.8, 4) is 0 Å². The molecule has 1 unspecified atom stereocenters. The molecule has 1 aromatic carbocycles. The Bertz CT molecular complexity index is 659. The van der Waals surface area contributed by atoms with Crippen molar-refractivity contribution in [2.75, 3.05) is 46.3 Å². The van der Waals surface area contributed by atoms with Gasteiger partial charge in [-0.25, -0.2) is 4.39 Å². The molecule has 142 valence electrons. The van der Waals surface area contributed by atoms with E-state index in [1.54, 1.807) is 17.0 Å². The van der Waals surface area contributed by atoms with E-state index in [1.165, 1.54) is 6.07 Å². The van der Waals surface area contributed by atoms with Crippen molar-refractivity contribution in [1.82, 2.24) is 20.0 Å². The van der Waals surface area contributed by atoms with E-state index in [1.807, 2.05) is 11.9 Å². The molecule has 6 nitrogen and oxygen atoms in total. The van der Waals surface area contributed by atoms with Crippen molar-refractivity contribution in [3.05, 3.63) is 34.6 Å². The second-order valence-electron chi connectivity index (χ2n) is 6.87. The van der Waals surface area contributed by atoms with E-state index in [2.05, 4.69) is 10.2 Å². The zero-order valence-corrected chi connectivity index (χ0v) is 15.6. The zero-order valence-electron chi connectivity index (χ0n) is 14.9. The predicted molar refractivity (Wildman–Crippen MR) is 97.3 cm³/mol. The molecule has 1 aromatic rings. The minimum absolute atomic E-state index is 0.0372. The van der Waals surface area contributed by atoms with Crippen LogP contribution in [0.1, 0.15) is 12.0 Å². The van der Waals surface area contributed by atoms with Crippen LogP contribution in [0.25, 0.3) is 0 Å². The van der Waals surface area contributed by atoms with Gasteiger partial charge in [0, 0.05) is 56.4 Å². The standard InChI is InChI=1S/C18H24ClFN4O2/c1-22-7-9-23(10-8-22)17(25)11-16-18(26)21-5-6-24(16)12-13-14(19)3-2-4-15(13)20/h2-4,16H,5-12H2,1H3,(H,21,26). The first-order chi connectivity index (χ1) is 12.5. The lowest BCUT2D eigenvalue weighted by molar-refractivity contribution is -0.140. The fourth-order valence-electron chi connectivity index (χ4n) is 3.41. The number of carbonyl (C=O) groups is 2. The quantitative estimate of drug-likeness (QED) is 0.842. The van der Waals surface area contributed by atoms with Gasteiger partial charge in [-0.3, -0.25) is 14.5 Å². The highest BCUT2D eigenvalue weighted by molar-refractivity contribution is 6.31. The van der Waals surface area contributed by atoms with Crippen molar-refractivity contribution in [2.24, 2.45) is 0 Å². The average Bonchev–Trinajstić information content (AvgIpc) is 2.61. The van der Waals surface area contributed by atoms with Crippen LogP contribution in [0.15, 0.2) is 18.2 Å². The molecule has 0 radical (unpaired) electrons. The summed E-state index contributed by atoms with van der Waals surface area (Å²) in [6, 6.07) is 3.94. The molecule has 1 atom stereocenters. The van der Waals surface area contributed by atoms with E-state index in [0.717, 1.165) is 13.1 Å². The maximum atomic E-state index is 14.1. The van der Waals surface area contributed by atoms with E-state index < -0.39 is 11.9 Å². The van der Waals surface area contributed by atoms with Crippen LogP contribution in [0.3, 0.4) is 0 Å². The summed E-state index contributed by atoms with van der Waals surface area (Å²) in [6.07, 6.45) is 0.0988. The highest BCUT2D eigenvalue weighted by Gasteiger charge is 2.34. The molecule has 2 aliphatic rings. The van der Waals surface area contributed by atoms with E-state index in [9.17, 15) is 14.0 Å². The Morgan fingerprint density at radius 1 is 1.27 bits per heavy atom. The molecule has 2 amide bonds. The molecule has 26 heavy (non-hydrogen) atoms. The van der Waals surface area contributed by atoms with E-state index >= 15 is 0 Å². The Labute approximate surface area is 157 Å². The number of rotatable bonds is 4. The molecule has 0 bridgehead atoms. The highest BCUT2D eigenvalue weighted by atomic mass is 35.5. The average molecular weight is 383 g/mol. The summed E-state index contributed by atoms with van der Waals surface area (Å²) in [7, 11) is 2.02. The van der Waals surface area contributed by atoms with Crippen LogP contribution in [0.2, 0.25) is 5.02 Å². The van der Waals surface area contributed by atoms with Crippen molar-refractivity contribution >= 4 is 23.4 Å². The number of piperazine rings is 2. The Kier molecular flexibility index (Phi) is 6.11. The number of halogens is 2. The second-order valence-corrected chi connectivity index (χ2v) is 7.27. The monoisotopic (exact) mass is 382 g/mol. The minimum atomic E-state index is -0.605. The van der Waals surface area contributed by atoms with Crippen molar-refractivity contribution in [2.45, 2.75) is 19.0 Å². The topological polar surface area (TPSA) is 55.9 Å². The van der Waals surface area contributed by atoms with Crippen molar-refractivity contribution in [3.63, 3.8) is 0 Å². The molecule has 1 N–H and O–H groups in total. The van der Waals surface area contributed by atoms with E-state index in [4.69, 9.17) is 11.6 Å². The molecular weight excluding hydrogens is 359 g/mol. The number of hydrogen-bond acceptors (Lipinski definition) is 4. The Balaban J connectivity index is 1.70. The van der Waals surface area contributed by atoms with Crippen LogP contribution in [0.4, 0.5) is 4.39 Å². The summed E-state index contributed by atoms with van der Waals surface area (Å²) in [6.45, 7) is 4.24. The van der Waals surface area contributed by atoms with Crippen LogP contribution in [0, 0.1) is 5.82 Å². The predicted octanol–water partition coefficient (Wildman–Crippen LogP) is 0.944. The van der Waals surface area contributed by atoms with E-state index in [-0.39, 0.29) is 24.8 Å². The zero-order chi connectivity index (χ0) is 18.7. The molecule has 3 rings (SSSR count). The third-order valence-corrected chi connectivity index (χ3v) is 5.44. The summed E-state index contributed by atoms with van der Waals surface area (Å²) in [5.41, 5.74) is 0.362. The normalized spacial score (nSPS) is 22.3. The van der Waals surface area contributed by atoms with Gasteiger partial charge in [0.25, 0.3) is 0 Å². The first kappa shape index (κ1) is 19.1. The maximum Gasteiger partial charge on any atom is 0.237 e. The van der Waals surface area contributed by atoms with Gasteiger partial charge < -0.3 is 15.1 Å². The summed E-state index contributed by atoms with van der Waals surface area (Å²) >= 11 is 6.13. The number of amides is 2. The fourth-order valence-corrected chi connectivity index (χ4v) is 3.63. The lowest BCUT2D eigenvalue weighted by Gasteiger charge is -2.37. The maximum absolute atomic E-state index is 14.1. The van der Waals surface area contributed by atoms with Crippen LogP contribution in [-0.2, 0) is 16.1 Å². The van der Waals surface area contributed by atoms with Gasteiger partial charge in [-0.1, -0.05) is 17.7 Å². The fraction of sp³-hybridized carbons (Fsp3) is 0.556.